The highest BCUT2D eigenvalue weighted by molar-refractivity contribution is 5.24. The second kappa shape index (κ2) is 9.02. The summed E-state index contributed by atoms with van der Waals surface area (Å²) in [6.45, 7) is 4.37. The van der Waals surface area contributed by atoms with Gasteiger partial charge in [0, 0.05) is 31.4 Å². The minimum atomic E-state index is -0.288. The first kappa shape index (κ1) is 18.7. The molecule has 1 saturated heterocycles. The van der Waals surface area contributed by atoms with Crippen LogP contribution in [0, 0.1) is 11.7 Å². The molecule has 1 unspecified atom stereocenters. The predicted octanol–water partition coefficient (Wildman–Crippen LogP) is 4.36. The van der Waals surface area contributed by atoms with Crippen LogP contribution in [0.15, 0.2) is 67.0 Å². The molecule has 5 heteroatoms. The molecule has 0 saturated carbocycles. The first-order valence-electron chi connectivity index (χ1n) is 9.91. The smallest absolute Gasteiger partial charge is 0.165 e. The Kier molecular flexibility index (Phi) is 6.02. The Bertz CT molecular complexity index is 881. The number of piperidine rings is 1. The third-order valence-corrected chi connectivity index (χ3v) is 5.22. The van der Waals surface area contributed by atoms with E-state index in [4.69, 9.17) is 4.74 Å². The van der Waals surface area contributed by atoms with E-state index >= 15 is 0 Å². The van der Waals surface area contributed by atoms with E-state index in [1.165, 1.54) is 17.2 Å². The molecule has 0 aliphatic carbocycles. The van der Waals surface area contributed by atoms with E-state index in [9.17, 15) is 4.39 Å². The molecular weight excluding hydrogens is 353 g/mol. The number of rotatable bonds is 7. The number of nitrogens with zero attached hydrogens (tertiary/aromatic N) is 3. The molecule has 2 aromatic carbocycles. The van der Waals surface area contributed by atoms with Crippen molar-refractivity contribution >= 4 is 0 Å². The van der Waals surface area contributed by atoms with Gasteiger partial charge in [0.25, 0.3) is 0 Å². The van der Waals surface area contributed by atoms with Crippen LogP contribution in [-0.2, 0) is 13.1 Å². The highest BCUT2D eigenvalue weighted by Gasteiger charge is 2.21. The number of aromatic nitrogens is 2. The summed E-state index contributed by atoms with van der Waals surface area (Å²) < 4.78 is 21.4. The Hall–Kier alpha value is -2.66. The minimum absolute atomic E-state index is 0.288. The molecule has 0 spiro atoms. The van der Waals surface area contributed by atoms with Gasteiger partial charge in [0.05, 0.1) is 13.2 Å². The third-order valence-electron chi connectivity index (χ3n) is 5.22. The summed E-state index contributed by atoms with van der Waals surface area (Å²) in [5.74, 6) is 0.496. The van der Waals surface area contributed by atoms with Crippen molar-refractivity contribution < 1.29 is 9.13 Å². The van der Waals surface area contributed by atoms with Crippen LogP contribution in [0.3, 0.4) is 0 Å². The largest absolute Gasteiger partial charge is 0.490 e. The molecule has 2 heterocycles. The van der Waals surface area contributed by atoms with Gasteiger partial charge in [0.1, 0.15) is 0 Å². The van der Waals surface area contributed by atoms with Crippen LogP contribution in [0.1, 0.15) is 24.0 Å². The molecule has 1 atom stereocenters. The molecule has 0 radical (unpaired) electrons. The Morgan fingerprint density at radius 1 is 1.04 bits per heavy atom. The number of likely N-dealkylation sites (tertiary alicyclic amines) is 1. The minimum Gasteiger partial charge on any atom is -0.490 e. The average molecular weight is 379 g/mol. The topological polar surface area (TPSA) is 30.3 Å². The zero-order chi connectivity index (χ0) is 19.2. The molecule has 1 fully saturated rings. The molecule has 1 aromatic heterocycles. The van der Waals surface area contributed by atoms with Gasteiger partial charge in [-0.2, -0.15) is 5.10 Å². The van der Waals surface area contributed by atoms with Crippen LogP contribution in [0.4, 0.5) is 4.39 Å². The highest BCUT2D eigenvalue weighted by atomic mass is 19.1. The summed E-state index contributed by atoms with van der Waals surface area (Å²) in [4.78, 5) is 2.48. The Labute approximate surface area is 165 Å². The summed E-state index contributed by atoms with van der Waals surface area (Å²) in [5, 5.41) is 4.28. The lowest BCUT2D eigenvalue weighted by Gasteiger charge is -2.32. The SMILES string of the molecule is Fc1ccccc1OCC1CCCN(Cc2cccc(Cn3cccn3)c2)C1. The van der Waals surface area contributed by atoms with Crippen LogP contribution < -0.4 is 4.74 Å². The van der Waals surface area contributed by atoms with E-state index in [1.807, 2.05) is 23.0 Å². The Morgan fingerprint density at radius 2 is 1.89 bits per heavy atom. The van der Waals surface area contributed by atoms with Crippen LogP contribution in [-0.4, -0.2) is 34.4 Å². The van der Waals surface area contributed by atoms with E-state index in [1.54, 1.807) is 18.3 Å². The maximum atomic E-state index is 13.7. The van der Waals surface area contributed by atoms with Gasteiger partial charge in [0.15, 0.2) is 11.6 Å². The van der Waals surface area contributed by atoms with Gasteiger partial charge in [-0.1, -0.05) is 36.4 Å². The molecule has 28 heavy (non-hydrogen) atoms. The van der Waals surface area contributed by atoms with Crippen molar-refractivity contribution in [2.24, 2.45) is 5.92 Å². The maximum Gasteiger partial charge on any atom is 0.165 e. The molecule has 3 aromatic rings. The van der Waals surface area contributed by atoms with Crippen molar-refractivity contribution in [3.05, 3.63) is 83.9 Å². The molecule has 4 rings (SSSR count). The first-order chi connectivity index (χ1) is 13.8. The van der Waals surface area contributed by atoms with Gasteiger partial charge in [-0.25, -0.2) is 4.39 Å². The van der Waals surface area contributed by atoms with Gasteiger partial charge in [-0.15, -0.1) is 0 Å². The molecule has 146 valence electrons. The van der Waals surface area contributed by atoms with E-state index in [0.29, 0.717) is 18.3 Å². The van der Waals surface area contributed by atoms with Gasteiger partial charge in [-0.3, -0.25) is 9.58 Å². The lowest BCUT2D eigenvalue weighted by atomic mass is 9.98. The van der Waals surface area contributed by atoms with E-state index < -0.39 is 0 Å². The fourth-order valence-corrected chi connectivity index (χ4v) is 3.87. The summed E-state index contributed by atoms with van der Waals surface area (Å²) in [7, 11) is 0. The molecular formula is C23H26FN3O. The lowest BCUT2D eigenvalue weighted by molar-refractivity contribution is 0.123. The number of hydrogen-bond acceptors (Lipinski definition) is 3. The Balaban J connectivity index is 1.32. The maximum absolute atomic E-state index is 13.7. The number of hydrogen-bond donors (Lipinski definition) is 0. The number of halogens is 1. The number of ether oxygens (including phenoxy) is 1. The first-order valence-corrected chi connectivity index (χ1v) is 9.91. The molecule has 0 bridgehead atoms. The van der Waals surface area contributed by atoms with Crippen LogP contribution >= 0.6 is 0 Å². The second-order valence-electron chi connectivity index (χ2n) is 7.51. The zero-order valence-electron chi connectivity index (χ0n) is 16.0. The fraction of sp³-hybridized carbons (Fsp3) is 0.348. The third kappa shape index (κ3) is 4.98. The summed E-state index contributed by atoms with van der Waals surface area (Å²) >= 11 is 0. The zero-order valence-corrected chi connectivity index (χ0v) is 16.0. The Morgan fingerprint density at radius 3 is 2.71 bits per heavy atom. The number of para-hydroxylation sites is 1. The summed E-state index contributed by atoms with van der Waals surface area (Å²) in [6, 6.07) is 17.3. The van der Waals surface area contributed by atoms with Crippen molar-refractivity contribution in [3.8, 4) is 5.75 Å². The van der Waals surface area contributed by atoms with Gasteiger partial charge >= 0.3 is 0 Å². The highest BCUT2D eigenvalue weighted by Crippen LogP contribution is 2.22. The van der Waals surface area contributed by atoms with Crippen molar-refractivity contribution in [2.75, 3.05) is 19.7 Å². The summed E-state index contributed by atoms with van der Waals surface area (Å²) in [5.41, 5.74) is 2.58. The fourth-order valence-electron chi connectivity index (χ4n) is 3.87. The van der Waals surface area contributed by atoms with Crippen LogP contribution in [0.25, 0.3) is 0 Å². The lowest BCUT2D eigenvalue weighted by Crippen LogP contribution is -2.37. The van der Waals surface area contributed by atoms with Crippen molar-refractivity contribution in [1.29, 1.82) is 0 Å². The molecule has 4 nitrogen and oxygen atoms in total. The monoisotopic (exact) mass is 379 g/mol. The normalized spacial score (nSPS) is 17.5. The van der Waals surface area contributed by atoms with E-state index in [-0.39, 0.29) is 5.82 Å². The standard InChI is InChI=1S/C23H26FN3O/c24-22-9-1-2-10-23(22)28-18-21-8-4-12-26(16-21)15-19-6-3-7-20(14-19)17-27-13-5-11-25-27/h1-3,5-7,9-11,13-14,21H,4,8,12,15-18H2. The molecule has 1 aliphatic heterocycles. The molecule has 1 aliphatic rings. The quantitative estimate of drug-likeness (QED) is 0.611. The molecule has 0 amide bonds. The number of benzene rings is 2. The second-order valence-corrected chi connectivity index (χ2v) is 7.51. The van der Waals surface area contributed by atoms with Gasteiger partial charge in [0.2, 0.25) is 0 Å². The van der Waals surface area contributed by atoms with Gasteiger partial charge in [-0.05, 0) is 48.7 Å². The van der Waals surface area contributed by atoms with Crippen molar-refractivity contribution in [3.63, 3.8) is 0 Å². The van der Waals surface area contributed by atoms with Crippen LogP contribution in [0.5, 0.6) is 5.75 Å². The average Bonchev–Trinajstić information content (AvgIpc) is 3.21. The van der Waals surface area contributed by atoms with E-state index in [0.717, 1.165) is 39.0 Å². The summed E-state index contributed by atoms with van der Waals surface area (Å²) in [6.07, 6.45) is 6.07. The van der Waals surface area contributed by atoms with Crippen molar-refractivity contribution in [1.82, 2.24) is 14.7 Å². The van der Waals surface area contributed by atoms with Crippen LogP contribution in [0.2, 0.25) is 0 Å². The van der Waals surface area contributed by atoms with Gasteiger partial charge < -0.3 is 4.74 Å². The molecule has 0 N–H and O–H groups in total. The van der Waals surface area contributed by atoms with Crippen molar-refractivity contribution in [2.45, 2.75) is 25.9 Å². The predicted molar refractivity (Wildman–Crippen MR) is 108 cm³/mol. The van der Waals surface area contributed by atoms with E-state index in [2.05, 4.69) is 34.3 Å².